The molecule has 2 rings (SSSR count). The Kier molecular flexibility index (Phi) is 3.13. The summed E-state index contributed by atoms with van der Waals surface area (Å²) >= 11 is 4.85. The zero-order chi connectivity index (χ0) is 9.10. The molecule has 0 saturated carbocycles. The molecule has 0 aromatic carbocycles. The highest BCUT2D eigenvalue weighted by Gasteiger charge is 2.21. The normalized spacial score (nSPS) is 23.5. The number of morpholine rings is 1. The Morgan fingerprint density at radius 2 is 2.69 bits per heavy atom. The summed E-state index contributed by atoms with van der Waals surface area (Å²) in [5, 5.41) is 1.87. The van der Waals surface area contributed by atoms with Crippen molar-refractivity contribution in [1.29, 1.82) is 0 Å². The maximum atomic E-state index is 5.52. The van der Waals surface area contributed by atoms with Gasteiger partial charge in [0.05, 0.1) is 12.7 Å². The van der Waals surface area contributed by atoms with E-state index in [4.69, 9.17) is 4.74 Å². The number of rotatable bonds is 2. The molecule has 1 aliphatic heterocycles. The van der Waals surface area contributed by atoms with E-state index in [1.165, 1.54) is 11.5 Å². The minimum atomic E-state index is 0.276. The van der Waals surface area contributed by atoms with Gasteiger partial charge in [-0.15, -0.1) is 0 Å². The van der Waals surface area contributed by atoms with E-state index < -0.39 is 0 Å². The van der Waals surface area contributed by atoms with Gasteiger partial charge in [-0.1, -0.05) is 15.9 Å². The van der Waals surface area contributed by atoms with Gasteiger partial charge >= 0.3 is 0 Å². The molecule has 1 fully saturated rings. The highest BCUT2D eigenvalue weighted by atomic mass is 79.9. The number of hydrogen-bond donors (Lipinski definition) is 0. The number of halogens is 1. The molecule has 1 unspecified atom stereocenters. The van der Waals surface area contributed by atoms with Crippen LogP contribution in [0.15, 0.2) is 6.33 Å². The lowest BCUT2D eigenvalue weighted by Gasteiger charge is -2.31. The maximum Gasteiger partial charge on any atom is 0.205 e. The number of ether oxygens (including phenoxy) is 1. The van der Waals surface area contributed by atoms with Crippen molar-refractivity contribution in [3.8, 4) is 0 Å². The molecule has 1 aliphatic rings. The van der Waals surface area contributed by atoms with Crippen LogP contribution in [0.3, 0.4) is 0 Å². The lowest BCUT2D eigenvalue weighted by molar-refractivity contribution is 0.0571. The molecule has 72 valence electrons. The van der Waals surface area contributed by atoms with Crippen molar-refractivity contribution in [3.05, 3.63) is 6.33 Å². The molecule has 6 heteroatoms. The molecule has 0 bridgehead atoms. The smallest absolute Gasteiger partial charge is 0.205 e. The van der Waals surface area contributed by atoms with Crippen LogP contribution in [0.5, 0.6) is 0 Å². The molecular weight excluding hydrogens is 254 g/mol. The zero-order valence-corrected chi connectivity index (χ0v) is 9.42. The number of anilines is 1. The van der Waals surface area contributed by atoms with Crippen molar-refractivity contribution in [1.82, 2.24) is 9.36 Å². The molecule has 2 heterocycles. The largest absolute Gasteiger partial charge is 0.374 e. The van der Waals surface area contributed by atoms with Crippen molar-refractivity contribution in [2.75, 3.05) is 29.9 Å². The third-order valence-corrected chi connectivity index (χ3v) is 3.38. The quantitative estimate of drug-likeness (QED) is 0.751. The topological polar surface area (TPSA) is 38.2 Å². The number of alkyl halides is 1. The first-order valence-electron chi connectivity index (χ1n) is 4.09. The standard InChI is InChI=1S/C7H10BrN3OS/c8-3-6-4-11(1-2-12-6)7-9-5-10-13-7/h5-6H,1-4H2. The molecule has 4 nitrogen and oxygen atoms in total. The van der Waals surface area contributed by atoms with E-state index in [1.54, 1.807) is 6.33 Å². The lowest BCUT2D eigenvalue weighted by atomic mass is 10.3. The van der Waals surface area contributed by atoms with Crippen molar-refractivity contribution in [3.63, 3.8) is 0 Å². The lowest BCUT2D eigenvalue weighted by Crippen LogP contribution is -2.43. The second-order valence-corrected chi connectivity index (χ2v) is 4.22. The van der Waals surface area contributed by atoms with Crippen LogP contribution in [-0.4, -0.2) is 40.5 Å². The average molecular weight is 264 g/mol. The van der Waals surface area contributed by atoms with Gasteiger partial charge in [-0.2, -0.15) is 4.37 Å². The fraction of sp³-hybridized carbons (Fsp3) is 0.714. The van der Waals surface area contributed by atoms with Gasteiger partial charge in [0.2, 0.25) is 5.13 Å². The first-order chi connectivity index (χ1) is 6.40. The third kappa shape index (κ3) is 2.18. The Hall–Kier alpha value is -0.200. The van der Waals surface area contributed by atoms with Crippen LogP contribution in [0.4, 0.5) is 5.13 Å². The summed E-state index contributed by atoms with van der Waals surface area (Å²) in [6, 6.07) is 0. The average Bonchev–Trinajstić information content (AvgIpc) is 2.71. The number of nitrogens with zero attached hydrogens (tertiary/aromatic N) is 3. The summed E-state index contributed by atoms with van der Waals surface area (Å²) in [6.07, 6.45) is 1.87. The van der Waals surface area contributed by atoms with Gasteiger partial charge in [0.15, 0.2) is 0 Å². The Morgan fingerprint density at radius 3 is 3.38 bits per heavy atom. The zero-order valence-electron chi connectivity index (χ0n) is 7.02. The first-order valence-corrected chi connectivity index (χ1v) is 5.99. The van der Waals surface area contributed by atoms with Gasteiger partial charge < -0.3 is 9.64 Å². The fourth-order valence-corrected chi connectivity index (χ4v) is 2.25. The van der Waals surface area contributed by atoms with E-state index in [9.17, 15) is 0 Å². The van der Waals surface area contributed by atoms with Gasteiger partial charge in [-0.05, 0) is 0 Å². The van der Waals surface area contributed by atoms with Crippen LogP contribution in [-0.2, 0) is 4.74 Å². The molecule has 0 N–H and O–H groups in total. The van der Waals surface area contributed by atoms with E-state index in [-0.39, 0.29) is 6.10 Å². The third-order valence-electron chi connectivity index (χ3n) is 1.93. The second kappa shape index (κ2) is 4.34. The van der Waals surface area contributed by atoms with E-state index >= 15 is 0 Å². The summed E-state index contributed by atoms with van der Waals surface area (Å²) in [4.78, 5) is 6.39. The van der Waals surface area contributed by atoms with Crippen LogP contribution < -0.4 is 4.90 Å². The van der Waals surface area contributed by atoms with E-state index in [2.05, 4.69) is 30.2 Å². The molecule has 1 atom stereocenters. The maximum absolute atomic E-state index is 5.52. The Morgan fingerprint density at radius 1 is 1.77 bits per heavy atom. The minimum absolute atomic E-state index is 0.276. The van der Waals surface area contributed by atoms with Gasteiger partial charge in [-0.3, -0.25) is 0 Å². The highest BCUT2D eigenvalue weighted by Crippen LogP contribution is 2.18. The molecule has 1 aromatic rings. The predicted octanol–water partition coefficient (Wildman–Crippen LogP) is 1.14. The van der Waals surface area contributed by atoms with Crippen LogP contribution in [0, 0.1) is 0 Å². The molecule has 0 amide bonds. The molecule has 1 aromatic heterocycles. The number of hydrogen-bond acceptors (Lipinski definition) is 5. The van der Waals surface area contributed by atoms with Gasteiger partial charge in [0, 0.05) is 30.0 Å². The molecule has 13 heavy (non-hydrogen) atoms. The molecule has 0 radical (unpaired) electrons. The van der Waals surface area contributed by atoms with Crippen LogP contribution in [0.1, 0.15) is 0 Å². The van der Waals surface area contributed by atoms with Crippen molar-refractivity contribution in [2.45, 2.75) is 6.10 Å². The van der Waals surface area contributed by atoms with Gasteiger partial charge in [0.1, 0.15) is 6.33 Å². The van der Waals surface area contributed by atoms with E-state index in [0.29, 0.717) is 0 Å². The Bertz CT molecular complexity index is 256. The first kappa shape index (κ1) is 9.36. The summed E-state index contributed by atoms with van der Waals surface area (Å²) < 4.78 is 9.51. The summed E-state index contributed by atoms with van der Waals surface area (Å²) in [6.45, 7) is 2.59. The van der Waals surface area contributed by atoms with Crippen LogP contribution in [0.25, 0.3) is 0 Å². The van der Waals surface area contributed by atoms with Crippen molar-refractivity contribution in [2.24, 2.45) is 0 Å². The van der Waals surface area contributed by atoms with Crippen LogP contribution in [0.2, 0.25) is 0 Å². The summed E-state index contributed by atoms with van der Waals surface area (Å²) in [7, 11) is 0. The van der Waals surface area contributed by atoms with Gasteiger partial charge in [0.25, 0.3) is 0 Å². The molecule has 0 aliphatic carbocycles. The van der Waals surface area contributed by atoms with Gasteiger partial charge in [-0.25, -0.2) is 4.98 Å². The summed E-state index contributed by atoms with van der Waals surface area (Å²) in [5.74, 6) is 0. The Balaban J connectivity index is 2.00. The molecule has 1 saturated heterocycles. The summed E-state index contributed by atoms with van der Waals surface area (Å²) in [5.41, 5.74) is 0. The van der Waals surface area contributed by atoms with E-state index in [0.717, 1.165) is 30.2 Å². The molecule has 0 spiro atoms. The fourth-order valence-electron chi connectivity index (χ4n) is 1.29. The van der Waals surface area contributed by atoms with Crippen molar-refractivity contribution >= 4 is 32.6 Å². The molecular formula is C7H10BrN3OS. The Labute approximate surface area is 89.2 Å². The highest BCUT2D eigenvalue weighted by molar-refractivity contribution is 9.09. The SMILES string of the molecule is BrCC1CN(c2ncns2)CCO1. The van der Waals surface area contributed by atoms with E-state index in [1.807, 2.05) is 0 Å². The van der Waals surface area contributed by atoms with Crippen LogP contribution >= 0.6 is 27.5 Å². The predicted molar refractivity (Wildman–Crippen MR) is 55.7 cm³/mol. The minimum Gasteiger partial charge on any atom is -0.374 e. The van der Waals surface area contributed by atoms with Crippen molar-refractivity contribution < 1.29 is 4.74 Å². The second-order valence-electron chi connectivity index (χ2n) is 2.82. The monoisotopic (exact) mass is 263 g/mol. The number of aromatic nitrogens is 2.